The fourth-order valence-electron chi connectivity index (χ4n) is 0.849. The molecule has 0 aromatic heterocycles. The highest BCUT2D eigenvalue weighted by molar-refractivity contribution is 4.75. The molecule has 0 atom stereocenters. The lowest BCUT2D eigenvalue weighted by Gasteiger charge is -2.19. The van der Waals surface area contributed by atoms with Gasteiger partial charge in [-0.1, -0.05) is 0 Å². The Balaban J connectivity index is 3.82. The normalized spacial score (nSPS) is 13.5. The average molecular weight is 252 g/mol. The van der Waals surface area contributed by atoms with E-state index in [4.69, 9.17) is 10.2 Å². The summed E-state index contributed by atoms with van der Waals surface area (Å²) in [7, 11) is 0. The monoisotopic (exact) mass is 252 g/mol. The Morgan fingerprint density at radius 3 is 1.88 bits per heavy atom. The van der Waals surface area contributed by atoms with Gasteiger partial charge in [-0.3, -0.25) is 0 Å². The van der Waals surface area contributed by atoms with Gasteiger partial charge in [0.25, 0.3) is 0 Å². The van der Waals surface area contributed by atoms with Gasteiger partial charge in [0.15, 0.2) is 0 Å². The maximum absolute atomic E-state index is 12.3. The van der Waals surface area contributed by atoms with Crippen molar-refractivity contribution < 1.29 is 36.9 Å². The Hall–Kier alpha value is -0.470. The van der Waals surface area contributed by atoms with Crippen molar-refractivity contribution >= 4 is 0 Å². The van der Waals surface area contributed by atoms with E-state index in [1.54, 1.807) is 0 Å². The lowest BCUT2D eigenvalue weighted by molar-refractivity contribution is -0.285. The minimum absolute atomic E-state index is 0.378. The molecular weight excluding hydrogens is 239 g/mol. The zero-order valence-electron chi connectivity index (χ0n) is 8.31. The third-order valence-electron chi connectivity index (χ3n) is 1.81. The second kappa shape index (κ2) is 6.31. The smallest absolute Gasteiger partial charge is 0.394 e. The molecule has 0 saturated carbocycles. The van der Waals surface area contributed by atoms with Crippen LogP contribution >= 0.6 is 0 Å². The first-order valence-corrected chi connectivity index (χ1v) is 4.52. The fourth-order valence-corrected chi connectivity index (χ4v) is 0.849. The fraction of sp³-hybridized carbons (Fsp3) is 1.00. The zero-order chi connectivity index (χ0) is 12.8. The number of rotatable bonds is 7. The van der Waals surface area contributed by atoms with E-state index in [9.17, 15) is 22.0 Å². The van der Waals surface area contributed by atoms with Crippen LogP contribution in [0.1, 0.15) is 12.8 Å². The number of hydrogen-bond acceptors (Lipinski definition) is 3. The van der Waals surface area contributed by atoms with Gasteiger partial charge in [-0.05, 0) is 6.42 Å². The molecule has 0 unspecified atom stereocenters. The highest BCUT2D eigenvalue weighted by atomic mass is 19.4. The number of aliphatic hydroxyl groups is 2. The van der Waals surface area contributed by atoms with Gasteiger partial charge in [0.2, 0.25) is 0 Å². The maximum Gasteiger partial charge on any atom is 0.453 e. The van der Waals surface area contributed by atoms with Crippen molar-refractivity contribution in [2.45, 2.75) is 31.0 Å². The Labute approximate surface area is 88.8 Å². The van der Waals surface area contributed by atoms with Crippen molar-refractivity contribution in [2.75, 3.05) is 19.8 Å². The van der Waals surface area contributed by atoms with Gasteiger partial charge in [-0.15, -0.1) is 0 Å². The molecule has 0 heterocycles. The molecule has 98 valence electrons. The molecule has 0 aliphatic carbocycles. The van der Waals surface area contributed by atoms with Gasteiger partial charge >= 0.3 is 12.1 Å². The molecule has 0 aliphatic heterocycles. The van der Waals surface area contributed by atoms with Crippen LogP contribution in [0.3, 0.4) is 0 Å². The summed E-state index contributed by atoms with van der Waals surface area (Å²) in [5, 5.41) is 17.0. The summed E-state index contributed by atoms with van der Waals surface area (Å²) in [6.45, 7) is -1.42. The maximum atomic E-state index is 12.3. The molecule has 0 aromatic carbocycles. The van der Waals surface area contributed by atoms with Gasteiger partial charge < -0.3 is 14.9 Å². The second-order valence-corrected chi connectivity index (χ2v) is 3.16. The highest BCUT2D eigenvalue weighted by Gasteiger charge is 2.56. The molecule has 0 radical (unpaired) electrons. The van der Waals surface area contributed by atoms with Crippen LogP contribution in [-0.4, -0.2) is 48.2 Å². The summed E-state index contributed by atoms with van der Waals surface area (Å²) in [5.41, 5.74) is 0. The molecule has 0 spiro atoms. The second-order valence-electron chi connectivity index (χ2n) is 3.16. The van der Waals surface area contributed by atoms with E-state index in [1.807, 2.05) is 0 Å². The van der Waals surface area contributed by atoms with Crippen LogP contribution in [-0.2, 0) is 4.74 Å². The molecule has 0 amide bonds. The third kappa shape index (κ3) is 5.04. The van der Waals surface area contributed by atoms with Crippen molar-refractivity contribution in [3.05, 3.63) is 0 Å². The highest BCUT2D eigenvalue weighted by Crippen LogP contribution is 2.38. The lowest BCUT2D eigenvalue weighted by Crippen LogP contribution is -2.36. The predicted molar refractivity (Wildman–Crippen MR) is 44.1 cm³/mol. The molecule has 2 N–H and O–H groups in total. The van der Waals surface area contributed by atoms with E-state index in [0.717, 1.165) is 0 Å². The summed E-state index contributed by atoms with van der Waals surface area (Å²) in [6, 6.07) is 0. The standard InChI is InChI=1S/C8H13F5O3/c9-7(10,8(11,12)13)2-1-3-16-6(4-14)5-15/h6,14-15H,1-5H2. The zero-order valence-corrected chi connectivity index (χ0v) is 8.31. The van der Waals surface area contributed by atoms with Gasteiger partial charge in [-0.25, -0.2) is 0 Å². The summed E-state index contributed by atoms with van der Waals surface area (Å²) in [4.78, 5) is 0. The first-order valence-electron chi connectivity index (χ1n) is 4.52. The number of ether oxygens (including phenoxy) is 1. The van der Waals surface area contributed by atoms with E-state index >= 15 is 0 Å². The van der Waals surface area contributed by atoms with Crippen LogP contribution < -0.4 is 0 Å². The van der Waals surface area contributed by atoms with Crippen LogP contribution in [0.15, 0.2) is 0 Å². The molecule has 0 rings (SSSR count). The summed E-state index contributed by atoms with van der Waals surface area (Å²) >= 11 is 0. The van der Waals surface area contributed by atoms with E-state index in [0.29, 0.717) is 0 Å². The topological polar surface area (TPSA) is 49.7 Å². The van der Waals surface area contributed by atoms with E-state index < -0.39 is 44.3 Å². The number of halogens is 5. The van der Waals surface area contributed by atoms with Gasteiger partial charge in [0, 0.05) is 13.0 Å². The van der Waals surface area contributed by atoms with Crippen LogP contribution in [0.4, 0.5) is 22.0 Å². The van der Waals surface area contributed by atoms with E-state index in [1.165, 1.54) is 0 Å². The van der Waals surface area contributed by atoms with Crippen LogP contribution in [0, 0.1) is 0 Å². The lowest BCUT2D eigenvalue weighted by atomic mass is 10.2. The largest absolute Gasteiger partial charge is 0.453 e. The van der Waals surface area contributed by atoms with E-state index in [2.05, 4.69) is 4.74 Å². The molecule has 0 fully saturated rings. The quantitative estimate of drug-likeness (QED) is 0.531. The Kier molecular flexibility index (Phi) is 6.13. The SMILES string of the molecule is OCC(CO)OCCCC(F)(F)C(F)(F)F. The summed E-state index contributed by atoms with van der Waals surface area (Å²) < 4.78 is 64.4. The number of alkyl halides is 5. The Bertz CT molecular complexity index is 191. The minimum Gasteiger partial charge on any atom is -0.394 e. The molecule has 0 aliphatic rings. The van der Waals surface area contributed by atoms with Crippen molar-refractivity contribution in [3.8, 4) is 0 Å². The summed E-state index contributed by atoms with van der Waals surface area (Å²) in [6.07, 6.45) is -8.39. The number of hydrogen-bond donors (Lipinski definition) is 2. The third-order valence-corrected chi connectivity index (χ3v) is 1.81. The Morgan fingerprint density at radius 2 is 1.50 bits per heavy atom. The molecule has 8 heteroatoms. The first-order chi connectivity index (χ1) is 7.24. The minimum atomic E-state index is -5.56. The van der Waals surface area contributed by atoms with Gasteiger partial charge in [0.05, 0.1) is 13.2 Å². The summed E-state index contributed by atoms with van der Waals surface area (Å²) in [5.74, 6) is -4.73. The predicted octanol–water partition coefficient (Wildman–Crippen LogP) is 1.33. The van der Waals surface area contributed by atoms with Crippen LogP contribution in [0.25, 0.3) is 0 Å². The first kappa shape index (κ1) is 15.5. The number of aliphatic hydroxyl groups excluding tert-OH is 2. The molecule has 0 aromatic rings. The van der Waals surface area contributed by atoms with Crippen molar-refractivity contribution in [3.63, 3.8) is 0 Å². The van der Waals surface area contributed by atoms with Crippen LogP contribution in [0.2, 0.25) is 0 Å². The molecular formula is C8H13F5O3. The van der Waals surface area contributed by atoms with E-state index in [-0.39, 0.29) is 6.61 Å². The molecule has 16 heavy (non-hydrogen) atoms. The molecule has 3 nitrogen and oxygen atoms in total. The molecule has 0 saturated heterocycles. The van der Waals surface area contributed by atoms with Gasteiger partial charge in [0.1, 0.15) is 6.10 Å². The Morgan fingerprint density at radius 1 is 1.00 bits per heavy atom. The van der Waals surface area contributed by atoms with Crippen molar-refractivity contribution in [1.82, 2.24) is 0 Å². The molecule has 0 bridgehead atoms. The average Bonchev–Trinajstić information content (AvgIpc) is 2.16. The van der Waals surface area contributed by atoms with Crippen molar-refractivity contribution in [1.29, 1.82) is 0 Å². The van der Waals surface area contributed by atoms with Gasteiger partial charge in [-0.2, -0.15) is 22.0 Å². The van der Waals surface area contributed by atoms with Crippen molar-refractivity contribution in [2.24, 2.45) is 0 Å². The van der Waals surface area contributed by atoms with Crippen LogP contribution in [0.5, 0.6) is 0 Å².